The van der Waals surface area contributed by atoms with E-state index in [2.05, 4.69) is 4.72 Å². The lowest BCUT2D eigenvalue weighted by Crippen LogP contribution is -2.22. The van der Waals surface area contributed by atoms with Crippen LogP contribution in [0, 0.1) is 5.82 Å². The van der Waals surface area contributed by atoms with Crippen molar-refractivity contribution in [3.8, 4) is 0 Å². The van der Waals surface area contributed by atoms with Crippen LogP contribution in [0.25, 0.3) is 0 Å². The molecule has 0 aliphatic carbocycles. The number of carbonyl (C=O) groups excluding carboxylic acids is 2. The van der Waals surface area contributed by atoms with Gasteiger partial charge in [-0.2, -0.15) is 0 Å². The van der Waals surface area contributed by atoms with E-state index in [4.69, 9.17) is 4.74 Å². The Hall–Kier alpha value is -2.74. The smallest absolute Gasteiger partial charge is 0.338 e. The summed E-state index contributed by atoms with van der Waals surface area (Å²) in [7, 11) is -3.97. The average molecular weight is 365 g/mol. The Morgan fingerprint density at radius 2 is 1.76 bits per heavy atom. The largest absolute Gasteiger partial charge is 0.451 e. The van der Waals surface area contributed by atoms with Gasteiger partial charge in [-0.1, -0.05) is 6.07 Å². The molecule has 0 aromatic heterocycles. The molecule has 0 spiro atoms. The van der Waals surface area contributed by atoms with Gasteiger partial charge in [-0.05, 0) is 56.3 Å². The van der Waals surface area contributed by atoms with Gasteiger partial charge < -0.3 is 4.74 Å². The van der Waals surface area contributed by atoms with E-state index in [1.807, 2.05) is 0 Å². The van der Waals surface area contributed by atoms with E-state index in [0.29, 0.717) is 0 Å². The van der Waals surface area contributed by atoms with E-state index >= 15 is 0 Å². The fraction of sp³-hybridized carbons (Fsp3) is 0.176. The molecular formula is C17H16FNO5S. The van der Waals surface area contributed by atoms with Crippen molar-refractivity contribution in [2.24, 2.45) is 0 Å². The van der Waals surface area contributed by atoms with Crippen LogP contribution in [0.4, 0.5) is 10.1 Å². The first-order valence-corrected chi connectivity index (χ1v) is 8.77. The molecule has 0 unspecified atom stereocenters. The Morgan fingerprint density at radius 1 is 1.12 bits per heavy atom. The maximum atomic E-state index is 12.9. The molecule has 1 N–H and O–H groups in total. The molecule has 0 saturated carbocycles. The number of esters is 1. The van der Waals surface area contributed by atoms with Gasteiger partial charge in [-0.15, -0.1) is 0 Å². The molecule has 8 heteroatoms. The molecular weight excluding hydrogens is 349 g/mol. The van der Waals surface area contributed by atoms with Gasteiger partial charge in [0.15, 0.2) is 11.9 Å². The quantitative estimate of drug-likeness (QED) is 0.795. The van der Waals surface area contributed by atoms with Crippen LogP contribution in [-0.4, -0.2) is 26.3 Å². The zero-order valence-corrected chi connectivity index (χ0v) is 14.3. The fourth-order valence-electron chi connectivity index (χ4n) is 1.83. The number of ketones is 1. The summed E-state index contributed by atoms with van der Waals surface area (Å²) < 4.78 is 44.9. The highest BCUT2D eigenvalue weighted by Gasteiger charge is 2.19. The number of carbonyl (C=O) groups is 2. The zero-order valence-electron chi connectivity index (χ0n) is 13.5. The van der Waals surface area contributed by atoms with Crippen LogP contribution in [0.1, 0.15) is 24.2 Å². The van der Waals surface area contributed by atoms with Gasteiger partial charge in [0.05, 0.1) is 10.5 Å². The second-order valence-electron chi connectivity index (χ2n) is 5.30. The third-order valence-electron chi connectivity index (χ3n) is 3.33. The Kier molecular flexibility index (Phi) is 5.53. The van der Waals surface area contributed by atoms with E-state index < -0.39 is 27.9 Å². The summed E-state index contributed by atoms with van der Waals surface area (Å²) in [5.41, 5.74) is 0.176. The van der Waals surface area contributed by atoms with E-state index in [-0.39, 0.29) is 21.9 Å². The second kappa shape index (κ2) is 7.43. The van der Waals surface area contributed by atoms with Crippen molar-refractivity contribution in [1.29, 1.82) is 0 Å². The lowest BCUT2D eigenvalue weighted by atomic mass is 10.2. The summed E-state index contributed by atoms with van der Waals surface area (Å²) in [5.74, 6) is -1.62. The van der Waals surface area contributed by atoms with Gasteiger partial charge in [0, 0.05) is 5.69 Å². The van der Waals surface area contributed by atoms with Gasteiger partial charge in [0.1, 0.15) is 5.82 Å². The maximum Gasteiger partial charge on any atom is 0.338 e. The molecule has 0 bridgehead atoms. The van der Waals surface area contributed by atoms with Crippen molar-refractivity contribution in [2.45, 2.75) is 24.8 Å². The SMILES string of the molecule is CC(=O)[C@H](C)OC(=O)c1cccc(S(=O)(=O)Nc2ccc(F)cc2)c1. The lowest BCUT2D eigenvalue weighted by molar-refractivity contribution is -0.124. The number of nitrogens with one attached hydrogen (secondary N) is 1. The summed E-state index contributed by atoms with van der Waals surface area (Å²) in [6.45, 7) is 2.71. The number of rotatable bonds is 6. The first-order chi connectivity index (χ1) is 11.7. The highest BCUT2D eigenvalue weighted by Crippen LogP contribution is 2.18. The van der Waals surface area contributed by atoms with Crippen LogP contribution >= 0.6 is 0 Å². The number of Topliss-reactive ketones (excluding diaryl/α,β-unsaturated/α-hetero) is 1. The molecule has 0 heterocycles. The van der Waals surface area contributed by atoms with Crippen molar-refractivity contribution in [3.05, 3.63) is 59.9 Å². The van der Waals surface area contributed by atoms with Crippen molar-refractivity contribution in [2.75, 3.05) is 4.72 Å². The summed E-state index contributed by atoms with van der Waals surface area (Å²) in [5, 5.41) is 0. The van der Waals surface area contributed by atoms with Crippen molar-refractivity contribution < 1.29 is 27.1 Å². The molecule has 0 aliphatic heterocycles. The molecule has 1 atom stereocenters. The van der Waals surface area contributed by atoms with Gasteiger partial charge in [0.25, 0.3) is 10.0 Å². The molecule has 0 saturated heterocycles. The number of anilines is 1. The van der Waals surface area contributed by atoms with E-state index in [0.717, 1.165) is 18.2 Å². The zero-order chi connectivity index (χ0) is 18.6. The molecule has 2 aromatic rings. The van der Waals surface area contributed by atoms with E-state index in [9.17, 15) is 22.4 Å². The Morgan fingerprint density at radius 3 is 2.36 bits per heavy atom. The van der Waals surface area contributed by atoms with Crippen LogP contribution in [-0.2, 0) is 19.6 Å². The summed E-state index contributed by atoms with van der Waals surface area (Å²) >= 11 is 0. The Labute approximate surface area is 144 Å². The molecule has 6 nitrogen and oxygen atoms in total. The summed E-state index contributed by atoms with van der Waals surface area (Å²) in [6.07, 6.45) is -0.926. The number of ether oxygens (including phenoxy) is 1. The van der Waals surface area contributed by atoms with Crippen LogP contribution in [0.5, 0.6) is 0 Å². The molecule has 0 amide bonds. The molecule has 0 fully saturated rings. The van der Waals surface area contributed by atoms with Gasteiger partial charge >= 0.3 is 5.97 Å². The highest BCUT2D eigenvalue weighted by atomic mass is 32.2. The minimum absolute atomic E-state index is 0.00455. The molecule has 0 aliphatic rings. The highest BCUT2D eigenvalue weighted by molar-refractivity contribution is 7.92. The fourth-order valence-corrected chi connectivity index (χ4v) is 2.94. The normalized spacial score (nSPS) is 12.3. The Bertz CT molecular complexity index is 894. The topological polar surface area (TPSA) is 89.5 Å². The molecule has 0 radical (unpaired) electrons. The van der Waals surface area contributed by atoms with Crippen molar-refractivity contribution in [3.63, 3.8) is 0 Å². The predicted octanol–water partition coefficient (Wildman–Crippen LogP) is 2.76. The maximum absolute atomic E-state index is 12.9. The number of hydrogen-bond donors (Lipinski definition) is 1. The first kappa shape index (κ1) is 18.6. The van der Waals surface area contributed by atoms with Gasteiger partial charge in [0.2, 0.25) is 0 Å². The number of hydrogen-bond acceptors (Lipinski definition) is 5. The van der Waals surface area contributed by atoms with Crippen LogP contribution < -0.4 is 4.72 Å². The Balaban J connectivity index is 2.23. The van der Waals surface area contributed by atoms with Crippen LogP contribution in [0.3, 0.4) is 0 Å². The third kappa shape index (κ3) is 4.87. The monoisotopic (exact) mass is 365 g/mol. The minimum Gasteiger partial charge on any atom is -0.451 e. The van der Waals surface area contributed by atoms with Crippen LogP contribution in [0.15, 0.2) is 53.4 Å². The summed E-state index contributed by atoms with van der Waals surface area (Å²) in [6, 6.07) is 10.0. The molecule has 2 aromatic carbocycles. The van der Waals surface area contributed by atoms with E-state index in [1.165, 1.54) is 44.2 Å². The van der Waals surface area contributed by atoms with Crippen molar-refractivity contribution in [1.82, 2.24) is 0 Å². The number of sulfonamides is 1. The number of benzene rings is 2. The van der Waals surface area contributed by atoms with Crippen LogP contribution in [0.2, 0.25) is 0 Å². The molecule has 2 rings (SSSR count). The molecule has 25 heavy (non-hydrogen) atoms. The van der Waals surface area contributed by atoms with E-state index in [1.54, 1.807) is 0 Å². The minimum atomic E-state index is -3.97. The summed E-state index contributed by atoms with van der Waals surface area (Å²) in [4.78, 5) is 23.0. The second-order valence-corrected chi connectivity index (χ2v) is 6.98. The van der Waals surface area contributed by atoms with Gasteiger partial charge in [-0.25, -0.2) is 17.6 Å². The van der Waals surface area contributed by atoms with Gasteiger partial charge in [-0.3, -0.25) is 9.52 Å². The molecule has 132 valence electrons. The first-order valence-electron chi connectivity index (χ1n) is 7.29. The lowest BCUT2D eigenvalue weighted by Gasteiger charge is -2.11. The third-order valence-corrected chi connectivity index (χ3v) is 4.71. The number of halogens is 1. The standard InChI is InChI=1S/C17H16FNO5S/c1-11(20)12(2)24-17(21)13-4-3-5-16(10-13)25(22,23)19-15-8-6-14(18)7-9-15/h3-10,12,19H,1-2H3/t12-/m0/s1. The van der Waals surface area contributed by atoms with Crippen molar-refractivity contribution >= 4 is 27.5 Å². The predicted molar refractivity (Wildman–Crippen MR) is 89.2 cm³/mol. The average Bonchev–Trinajstić information content (AvgIpc) is 2.56.